The molecule has 0 radical (unpaired) electrons. The molecule has 0 aromatic heterocycles. The van der Waals surface area contributed by atoms with E-state index in [1.165, 1.54) is 13.0 Å². The van der Waals surface area contributed by atoms with Gasteiger partial charge in [-0.25, -0.2) is 0 Å². The van der Waals surface area contributed by atoms with Gasteiger partial charge in [0.2, 0.25) is 5.82 Å². The zero-order valence-corrected chi connectivity index (χ0v) is 6.74. The maximum Gasteiger partial charge on any atom is 0.306 e. The molecule has 0 aliphatic carbocycles. The Hall–Kier alpha value is -1.96. The van der Waals surface area contributed by atoms with Gasteiger partial charge in [-0.05, 0) is 18.6 Å². The fraction of sp³-hybridized carbons (Fsp3) is 0.125. The molecule has 4 nitrogen and oxygen atoms in total. The van der Waals surface area contributed by atoms with E-state index in [9.17, 15) is 14.5 Å². The fourth-order valence-corrected chi connectivity index (χ4v) is 0.948. The number of rotatable bonds is 1. The first kappa shape index (κ1) is 9.13. The summed E-state index contributed by atoms with van der Waals surface area (Å²) in [6.45, 7) is 1.38. The molecule has 0 saturated heterocycles. The van der Waals surface area contributed by atoms with Crippen LogP contribution in [0.4, 0.5) is 10.1 Å². The topological polar surface area (TPSA) is 66.9 Å². The highest BCUT2D eigenvalue weighted by Crippen LogP contribution is 2.21. The highest BCUT2D eigenvalue weighted by molar-refractivity contribution is 5.45. The van der Waals surface area contributed by atoms with Crippen LogP contribution >= 0.6 is 0 Å². The van der Waals surface area contributed by atoms with Crippen molar-refractivity contribution >= 4 is 5.69 Å². The van der Waals surface area contributed by atoms with Gasteiger partial charge in [0.25, 0.3) is 0 Å². The van der Waals surface area contributed by atoms with E-state index in [1.54, 1.807) is 6.07 Å². The van der Waals surface area contributed by atoms with Crippen LogP contribution < -0.4 is 0 Å². The van der Waals surface area contributed by atoms with E-state index < -0.39 is 16.4 Å². The molecule has 0 saturated carbocycles. The van der Waals surface area contributed by atoms with E-state index in [1.807, 2.05) is 0 Å². The van der Waals surface area contributed by atoms with Crippen molar-refractivity contribution in [2.45, 2.75) is 6.92 Å². The summed E-state index contributed by atoms with van der Waals surface area (Å²) >= 11 is 0. The van der Waals surface area contributed by atoms with Crippen molar-refractivity contribution in [2.75, 3.05) is 0 Å². The standard InChI is InChI=1S/C8H5FN2O2/c1-5-2-6(4-10)3-7(8(5)9)11(12)13/h2-3H,1H3. The Morgan fingerprint density at radius 1 is 1.62 bits per heavy atom. The largest absolute Gasteiger partial charge is 0.306 e. The molecule has 0 aliphatic rings. The summed E-state index contributed by atoms with van der Waals surface area (Å²) in [5.41, 5.74) is -0.465. The van der Waals surface area contributed by atoms with E-state index in [4.69, 9.17) is 5.26 Å². The highest BCUT2D eigenvalue weighted by atomic mass is 19.1. The quantitative estimate of drug-likeness (QED) is 0.489. The minimum Gasteiger partial charge on any atom is -0.258 e. The fourth-order valence-electron chi connectivity index (χ4n) is 0.948. The van der Waals surface area contributed by atoms with Gasteiger partial charge in [0, 0.05) is 6.07 Å². The molecule has 0 spiro atoms. The molecular weight excluding hydrogens is 175 g/mol. The molecule has 0 atom stereocenters. The van der Waals surface area contributed by atoms with Crippen LogP contribution in [-0.4, -0.2) is 4.92 Å². The predicted molar refractivity (Wildman–Crippen MR) is 42.5 cm³/mol. The second-order valence-corrected chi connectivity index (χ2v) is 2.50. The van der Waals surface area contributed by atoms with E-state index in [0.717, 1.165) is 6.07 Å². The molecule has 0 unspecified atom stereocenters. The van der Waals surface area contributed by atoms with Crippen LogP contribution in [0.15, 0.2) is 12.1 Å². The predicted octanol–water partition coefficient (Wildman–Crippen LogP) is 1.91. The van der Waals surface area contributed by atoms with Gasteiger partial charge in [-0.2, -0.15) is 9.65 Å². The van der Waals surface area contributed by atoms with Gasteiger partial charge in [0.1, 0.15) is 0 Å². The summed E-state index contributed by atoms with van der Waals surface area (Å²) < 4.78 is 13.0. The maximum absolute atomic E-state index is 13.0. The van der Waals surface area contributed by atoms with Crippen molar-refractivity contribution in [1.82, 2.24) is 0 Å². The van der Waals surface area contributed by atoms with Gasteiger partial charge < -0.3 is 0 Å². The third-order valence-electron chi connectivity index (χ3n) is 1.56. The van der Waals surface area contributed by atoms with Gasteiger partial charge in [0.15, 0.2) is 0 Å². The first-order valence-corrected chi connectivity index (χ1v) is 3.41. The van der Waals surface area contributed by atoms with Crippen molar-refractivity contribution in [2.24, 2.45) is 0 Å². The van der Waals surface area contributed by atoms with Crippen LogP contribution in [0.25, 0.3) is 0 Å². The second-order valence-electron chi connectivity index (χ2n) is 2.50. The Bertz CT molecular complexity index is 409. The number of nitriles is 1. The number of nitrogens with zero attached hydrogens (tertiary/aromatic N) is 2. The van der Waals surface area contributed by atoms with E-state index in [-0.39, 0.29) is 11.1 Å². The first-order valence-electron chi connectivity index (χ1n) is 3.41. The Morgan fingerprint density at radius 2 is 2.23 bits per heavy atom. The smallest absolute Gasteiger partial charge is 0.258 e. The molecule has 5 heteroatoms. The molecule has 1 rings (SSSR count). The molecule has 1 aromatic carbocycles. The average molecular weight is 180 g/mol. The number of nitro groups is 1. The van der Waals surface area contributed by atoms with Crippen LogP contribution in [0.3, 0.4) is 0 Å². The average Bonchev–Trinajstić information content (AvgIpc) is 2.09. The number of benzene rings is 1. The molecule has 0 N–H and O–H groups in total. The number of halogens is 1. The normalized spacial score (nSPS) is 9.31. The summed E-state index contributed by atoms with van der Waals surface area (Å²) in [6.07, 6.45) is 0. The van der Waals surface area contributed by atoms with Crippen molar-refractivity contribution in [3.8, 4) is 6.07 Å². The van der Waals surface area contributed by atoms with Crippen molar-refractivity contribution in [3.05, 3.63) is 39.2 Å². The Labute approximate surface area is 73.4 Å². The van der Waals surface area contributed by atoms with Crippen LogP contribution in [0.2, 0.25) is 0 Å². The summed E-state index contributed by atoms with van der Waals surface area (Å²) in [7, 11) is 0. The van der Waals surface area contributed by atoms with Crippen LogP contribution in [0.1, 0.15) is 11.1 Å². The summed E-state index contributed by atoms with van der Waals surface area (Å²) in [5, 5.41) is 18.8. The lowest BCUT2D eigenvalue weighted by atomic mass is 10.1. The van der Waals surface area contributed by atoms with Gasteiger partial charge in [-0.1, -0.05) is 0 Å². The lowest BCUT2D eigenvalue weighted by Crippen LogP contribution is -1.95. The van der Waals surface area contributed by atoms with Crippen LogP contribution in [0, 0.1) is 34.2 Å². The lowest BCUT2D eigenvalue weighted by molar-refractivity contribution is -0.387. The Balaban J connectivity index is 3.44. The van der Waals surface area contributed by atoms with Crippen LogP contribution in [-0.2, 0) is 0 Å². The van der Waals surface area contributed by atoms with Gasteiger partial charge in [-0.15, -0.1) is 0 Å². The third-order valence-corrected chi connectivity index (χ3v) is 1.56. The monoisotopic (exact) mass is 180 g/mol. The summed E-state index contributed by atoms with van der Waals surface area (Å²) in [4.78, 5) is 9.45. The molecular formula is C8H5FN2O2. The number of nitro benzene ring substituents is 1. The Morgan fingerprint density at radius 3 is 2.69 bits per heavy atom. The molecule has 66 valence electrons. The summed E-state index contributed by atoms with van der Waals surface area (Å²) in [5.74, 6) is -0.885. The Kier molecular flexibility index (Phi) is 2.24. The van der Waals surface area contributed by atoms with Gasteiger partial charge in [-0.3, -0.25) is 10.1 Å². The van der Waals surface area contributed by atoms with Gasteiger partial charge in [0.05, 0.1) is 16.6 Å². The summed E-state index contributed by atoms with van der Waals surface area (Å²) in [6, 6.07) is 3.90. The zero-order chi connectivity index (χ0) is 10.0. The highest BCUT2D eigenvalue weighted by Gasteiger charge is 2.17. The van der Waals surface area contributed by atoms with Crippen molar-refractivity contribution < 1.29 is 9.31 Å². The molecule has 0 amide bonds. The van der Waals surface area contributed by atoms with E-state index in [2.05, 4.69) is 0 Å². The number of hydrogen-bond donors (Lipinski definition) is 0. The first-order chi connectivity index (χ1) is 6.06. The molecule has 13 heavy (non-hydrogen) atoms. The van der Waals surface area contributed by atoms with E-state index >= 15 is 0 Å². The molecule has 0 heterocycles. The van der Waals surface area contributed by atoms with Crippen molar-refractivity contribution in [3.63, 3.8) is 0 Å². The SMILES string of the molecule is Cc1cc(C#N)cc([N+](=O)[O-])c1F. The molecule has 0 aliphatic heterocycles. The molecule has 0 fully saturated rings. The number of hydrogen-bond acceptors (Lipinski definition) is 3. The van der Waals surface area contributed by atoms with Gasteiger partial charge >= 0.3 is 5.69 Å². The third kappa shape index (κ3) is 1.62. The second kappa shape index (κ2) is 3.19. The van der Waals surface area contributed by atoms with Crippen LogP contribution in [0.5, 0.6) is 0 Å². The molecule has 1 aromatic rings. The molecule has 0 bridgehead atoms. The zero-order valence-electron chi connectivity index (χ0n) is 6.74. The maximum atomic E-state index is 13.0. The lowest BCUT2D eigenvalue weighted by Gasteiger charge is -1.97. The number of aryl methyl sites for hydroxylation is 1. The van der Waals surface area contributed by atoms with E-state index in [0.29, 0.717) is 0 Å². The minimum absolute atomic E-state index is 0.0885. The minimum atomic E-state index is -0.885. The van der Waals surface area contributed by atoms with Crippen molar-refractivity contribution in [1.29, 1.82) is 5.26 Å².